The van der Waals surface area contributed by atoms with E-state index in [1.54, 1.807) is 7.11 Å². The van der Waals surface area contributed by atoms with Crippen molar-refractivity contribution in [1.82, 2.24) is 5.32 Å². The van der Waals surface area contributed by atoms with E-state index in [0.29, 0.717) is 13.0 Å². The van der Waals surface area contributed by atoms with E-state index >= 15 is 0 Å². The van der Waals surface area contributed by atoms with Gasteiger partial charge in [-0.1, -0.05) is 13.8 Å². The van der Waals surface area contributed by atoms with Crippen molar-refractivity contribution in [2.75, 3.05) is 26.8 Å². The first-order valence-electron chi connectivity index (χ1n) is 6.69. The van der Waals surface area contributed by atoms with Crippen LogP contribution < -0.4 is 5.32 Å². The van der Waals surface area contributed by atoms with E-state index in [9.17, 15) is 13.2 Å². The highest BCUT2D eigenvalue weighted by Crippen LogP contribution is 2.24. The summed E-state index contributed by atoms with van der Waals surface area (Å²) >= 11 is 0. The van der Waals surface area contributed by atoms with Crippen LogP contribution in [0.15, 0.2) is 12.1 Å². The van der Waals surface area contributed by atoms with Gasteiger partial charge in [0, 0.05) is 37.9 Å². The molecule has 20 heavy (non-hydrogen) atoms. The number of ether oxygens (including phenoxy) is 1. The van der Waals surface area contributed by atoms with Crippen LogP contribution in [-0.2, 0) is 11.2 Å². The maximum atomic E-state index is 13.5. The summed E-state index contributed by atoms with van der Waals surface area (Å²) in [5.41, 5.74) is -0.155. The van der Waals surface area contributed by atoms with Gasteiger partial charge in [-0.3, -0.25) is 0 Å². The van der Waals surface area contributed by atoms with Gasteiger partial charge in [0.25, 0.3) is 0 Å². The molecule has 0 saturated heterocycles. The third kappa shape index (κ3) is 5.51. The normalized spacial score (nSPS) is 11.9. The molecule has 0 atom stereocenters. The van der Waals surface area contributed by atoms with Gasteiger partial charge in [-0.05, 0) is 18.3 Å². The molecule has 0 fully saturated rings. The Kier molecular flexibility index (Phi) is 6.49. The first-order chi connectivity index (χ1) is 9.35. The van der Waals surface area contributed by atoms with Gasteiger partial charge in [-0.2, -0.15) is 0 Å². The summed E-state index contributed by atoms with van der Waals surface area (Å²) in [5.74, 6) is -2.51. The third-order valence-corrected chi connectivity index (χ3v) is 3.24. The molecule has 0 aliphatic heterocycles. The molecule has 0 heterocycles. The molecule has 1 aromatic carbocycles. The zero-order chi connectivity index (χ0) is 15.2. The smallest absolute Gasteiger partial charge is 0.132 e. The second kappa shape index (κ2) is 7.64. The lowest BCUT2D eigenvalue weighted by molar-refractivity contribution is 0.193. The Hall–Kier alpha value is -1.07. The van der Waals surface area contributed by atoms with Crippen LogP contribution >= 0.6 is 0 Å². The molecule has 114 valence electrons. The van der Waals surface area contributed by atoms with E-state index in [1.165, 1.54) is 0 Å². The Morgan fingerprint density at radius 3 is 2.30 bits per heavy atom. The van der Waals surface area contributed by atoms with Crippen molar-refractivity contribution in [2.24, 2.45) is 5.41 Å². The fraction of sp³-hybridized carbons (Fsp3) is 0.600. The molecule has 0 saturated carbocycles. The molecule has 0 unspecified atom stereocenters. The Labute approximate surface area is 118 Å². The number of benzene rings is 1. The van der Waals surface area contributed by atoms with Crippen molar-refractivity contribution in [2.45, 2.75) is 26.7 Å². The Morgan fingerprint density at radius 2 is 1.75 bits per heavy atom. The monoisotopic (exact) mass is 289 g/mol. The highest BCUT2D eigenvalue weighted by Gasteiger charge is 2.20. The first kappa shape index (κ1) is 17.0. The molecular formula is C15H22F3NO. The van der Waals surface area contributed by atoms with Crippen LogP contribution in [0, 0.1) is 22.9 Å². The van der Waals surface area contributed by atoms with Gasteiger partial charge in [0.05, 0.1) is 6.61 Å². The summed E-state index contributed by atoms with van der Waals surface area (Å²) in [7, 11) is 1.63. The average molecular weight is 289 g/mol. The standard InChI is InChI=1S/C15H22F3NO/c1-15(2,10-19-6-7-20-3)5-4-12-13(17)8-11(16)9-14(12)18/h8-9,19H,4-7,10H2,1-3H3. The molecule has 2 nitrogen and oxygen atoms in total. The van der Waals surface area contributed by atoms with Crippen LogP contribution in [-0.4, -0.2) is 26.8 Å². The maximum Gasteiger partial charge on any atom is 0.132 e. The number of hydrogen-bond acceptors (Lipinski definition) is 2. The van der Waals surface area contributed by atoms with Crippen molar-refractivity contribution < 1.29 is 17.9 Å². The van der Waals surface area contributed by atoms with Crippen molar-refractivity contribution in [3.8, 4) is 0 Å². The molecule has 1 N–H and O–H groups in total. The van der Waals surface area contributed by atoms with Crippen LogP contribution in [0.1, 0.15) is 25.8 Å². The quantitative estimate of drug-likeness (QED) is 0.741. The molecule has 5 heteroatoms. The molecule has 1 rings (SSSR count). The van der Waals surface area contributed by atoms with Crippen LogP contribution in [0.25, 0.3) is 0 Å². The lowest BCUT2D eigenvalue weighted by Gasteiger charge is -2.25. The van der Waals surface area contributed by atoms with Gasteiger partial charge < -0.3 is 10.1 Å². The number of halogens is 3. The second-order valence-electron chi connectivity index (χ2n) is 5.68. The summed E-state index contributed by atoms with van der Waals surface area (Å²) in [6.07, 6.45) is 0.851. The van der Waals surface area contributed by atoms with Crippen molar-refractivity contribution in [3.63, 3.8) is 0 Å². The van der Waals surface area contributed by atoms with E-state index in [1.807, 2.05) is 13.8 Å². The summed E-state index contributed by atoms with van der Waals surface area (Å²) in [4.78, 5) is 0. The molecule has 0 aromatic heterocycles. The van der Waals surface area contributed by atoms with E-state index in [4.69, 9.17) is 4.74 Å². The van der Waals surface area contributed by atoms with Gasteiger partial charge >= 0.3 is 0 Å². The average Bonchev–Trinajstić information content (AvgIpc) is 2.33. The predicted molar refractivity (Wildman–Crippen MR) is 73.2 cm³/mol. The van der Waals surface area contributed by atoms with E-state index < -0.39 is 17.5 Å². The zero-order valence-corrected chi connectivity index (χ0v) is 12.2. The Bertz CT molecular complexity index is 412. The summed E-state index contributed by atoms with van der Waals surface area (Å²) < 4.78 is 44.8. The predicted octanol–water partition coefficient (Wildman–Crippen LogP) is 3.30. The van der Waals surface area contributed by atoms with Crippen LogP contribution in [0.5, 0.6) is 0 Å². The number of methoxy groups -OCH3 is 1. The second-order valence-corrected chi connectivity index (χ2v) is 5.68. The molecule has 0 radical (unpaired) electrons. The fourth-order valence-corrected chi connectivity index (χ4v) is 1.96. The summed E-state index contributed by atoms with van der Waals surface area (Å²) in [5, 5.41) is 3.23. The van der Waals surface area contributed by atoms with Crippen molar-refractivity contribution in [3.05, 3.63) is 35.1 Å². The number of hydrogen-bond donors (Lipinski definition) is 1. The first-order valence-corrected chi connectivity index (χ1v) is 6.69. The summed E-state index contributed by atoms with van der Waals surface area (Å²) in [6, 6.07) is 1.45. The molecule has 0 spiro atoms. The van der Waals surface area contributed by atoms with Crippen LogP contribution in [0.4, 0.5) is 13.2 Å². The molecule has 0 aliphatic rings. The minimum atomic E-state index is -0.885. The largest absolute Gasteiger partial charge is 0.383 e. The SMILES string of the molecule is COCCNCC(C)(C)CCc1c(F)cc(F)cc1F. The van der Waals surface area contributed by atoms with Gasteiger partial charge in [0.15, 0.2) is 0 Å². The zero-order valence-electron chi connectivity index (χ0n) is 12.2. The van der Waals surface area contributed by atoms with Gasteiger partial charge in [0.1, 0.15) is 17.5 Å². The molecule has 1 aromatic rings. The van der Waals surface area contributed by atoms with Gasteiger partial charge in [-0.15, -0.1) is 0 Å². The molecular weight excluding hydrogens is 267 g/mol. The molecule has 0 amide bonds. The van der Waals surface area contributed by atoms with E-state index in [-0.39, 0.29) is 17.4 Å². The van der Waals surface area contributed by atoms with E-state index in [2.05, 4.69) is 5.32 Å². The minimum Gasteiger partial charge on any atom is -0.383 e. The molecule has 0 bridgehead atoms. The Balaban J connectivity index is 2.53. The third-order valence-electron chi connectivity index (χ3n) is 3.24. The van der Waals surface area contributed by atoms with Crippen LogP contribution in [0.3, 0.4) is 0 Å². The van der Waals surface area contributed by atoms with Crippen LogP contribution in [0.2, 0.25) is 0 Å². The topological polar surface area (TPSA) is 21.3 Å². The van der Waals surface area contributed by atoms with Crippen molar-refractivity contribution in [1.29, 1.82) is 0 Å². The number of nitrogens with one attached hydrogen (secondary N) is 1. The summed E-state index contributed by atoms with van der Waals surface area (Å²) in [6.45, 7) is 6.12. The van der Waals surface area contributed by atoms with E-state index in [0.717, 1.165) is 25.2 Å². The van der Waals surface area contributed by atoms with Gasteiger partial charge in [0.2, 0.25) is 0 Å². The Morgan fingerprint density at radius 1 is 1.15 bits per heavy atom. The highest BCUT2D eigenvalue weighted by molar-refractivity contribution is 5.21. The van der Waals surface area contributed by atoms with Gasteiger partial charge in [-0.25, -0.2) is 13.2 Å². The number of rotatable bonds is 8. The highest BCUT2D eigenvalue weighted by atomic mass is 19.1. The van der Waals surface area contributed by atoms with Crippen molar-refractivity contribution >= 4 is 0 Å². The minimum absolute atomic E-state index is 0.0450. The lowest BCUT2D eigenvalue weighted by Crippen LogP contribution is -2.32. The fourth-order valence-electron chi connectivity index (χ4n) is 1.96. The molecule has 0 aliphatic carbocycles. The maximum absolute atomic E-state index is 13.5. The lowest BCUT2D eigenvalue weighted by atomic mass is 9.86.